The predicted molar refractivity (Wildman–Crippen MR) is 111 cm³/mol. The van der Waals surface area contributed by atoms with Gasteiger partial charge in [-0.1, -0.05) is 6.07 Å². The van der Waals surface area contributed by atoms with Crippen molar-refractivity contribution in [2.24, 2.45) is 0 Å². The van der Waals surface area contributed by atoms with E-state index in [1.807, 2.05) is 6.92 Å². The highest BCUT2D eigenvalue weighted by atomic mass is 19.1. The molecule has 1 atom stereocenters. The number of amides is 2. The molecule has 2 amide bonds. The van der Waals surface area contributed by atoms with Gasteiger partial charge < -0.3 is 15.0 Å². The van der Waals surface area contributed by atoms with Gasteiger partial charge in [0.15, 0.2) is 0 Å². The Hall–Kier alpha value is -3.03. The average Bonchev–Trinajstić information content (AvgIpc) is 3.08. The van der Waals surface area contributed by atoms with Crippen LogP contribution in [0.4, 0.5) is 9.18 Å². The Kier molecular flexibility index (Phi) is 6.05. The number of hydrogen-bond donors (Lipinski definition) is 1. The molecule has 2 heterocycles. The molecule has 3 rings (SSSR count). The van der Waals surface area contributed by atoms with E-state index in [9.17, 15) is 14.0 Å². The molecule has 0 bridgehead atoms. The van der Waals surface area contributed by atoms with Crippen molar-refractivity contribution in [2.45, 2.75) is 52.7 Å². The Balaban J connectivity index is 1.66. The van der Waals surface area contributed by atoms with E-state index < -0.39 is 23.4 Å². The van der Waals surface area contributed by atoms with E-state index in [0.717, 1.165) is 5.69 Å². The number of nitrogens with one attached hydrogen (secondary N) is 1. The molecule has 1 fully saturated rings. The summed E-state index contributed by atoms with van der Waals surface area (Å²) >= 11 is 0. The molecule has 1 aliphatic rings. The van der Waals surface area contributed by atoms with Crippen LogP contribution in [0.3, 0.4) is 0 Å². The van der Waals surface area contributed by atoms with Crippen LogP contribution in [0.2, 0.25) is 0 Å². The second-order valence-corrected chi connectivity index (χ2v) is 8.52. The van der Waals surface area contributed by atoms with Crippen LogP contribution >= 0.6 is 0 Å². The fourth-order valence-corrected chi connectivity index (χ4v) is 3.36. The molecule has 7 nitrogen and oxygen atoms in total. The number of aryl methyl sites for hydroxylation is 2. The number of aromatic nitrogens is 2. The van der Waals surface area contributed by atoms with Crippen LogP contribution in [-0.4, -0.2) is 51.6 Å². The number of carbonyl (C=O) groups is 2. The number of carbonyl (C=O) groups excluding carboxylic acids is 2. The van der Waals surface area contributed by atoms with Crippen LogP contribution in [0.25, 0.3) is 11.3 Å². The van der Waals surface area contributed by atoms with E-state index in [1.54, 1.807) is 44.7 Å². The Morgan fingerprint density at radius 1 is 1.20 bits per heavy atom. The van der Waals surface area contributed by atoms with Crippen LogP contribution in [0, 0.1) is 19.7 Å². The lowest BCUT2D eigenvalue weighted by Gasteiger charge is -2.24. The molecule has 1 aromatic carbocycles. The lowest BCUT2D eigenvalue weighted by atomic mass is 10.1. The molecule has 1 aromatic heterocycles. The highest BCUT2D eigenvalue weighted by molar-refractivity contribution is 5.95. The molecule has 1 N–H and O–H groups in total. The summed E-state index contributed by atoms with van der Waals surface area (Å²) in [5, 5.41) is 2.81. The summed E-state index contributed by atoms with van der Waals surface area (Å²) in [6, 6.07) is 5.94. The Bertz CT molecular complexity index is 951. The molecule has 1 aliphatic heterocycles. The van der Waals surface area contributed by atoms with Crippen molar-refractivity contribution < 1.29 is 18.7 Å². The molecule has 0 spiro atoms. The van der Waals surface area contributed by atoms with E-state index in [4.69, 9.17) is 4.74 Å². The summed E-state index contributed by atoms with van der Waals surface area (Å²) in [5.41, 5.74) is 1.35. The van der Waals surface area contributed by atoms with Gasteiger partial charge in [-0.05, 0) is 59.2 Å². The van der Waals surface area contributed by atoms with Gasteiger partial charge >= 0.3 is 6.09 Å². The average molecular weight is 414 g/mol. The highest BCUT2D eigenvalue weighted by Crippen LogP contribution is 2.22. The molecule has 160 valence electrons. The minimum Gasteiger partial charge on any atom is -0.444 e. The second kappa shape index (κ2) is 8.38. The van der Waals surface area contributed by atoms with Crippen molar-refractivity contribution in [2.75, 3.05) is 13.1 Å². The number of halogens is 1. The fraction of sp³-hybridized carbons (Fsp3) is 0.455. The fourth-order valence-electron chi connectivity index (χ4n) is 3.36. The third kappa shape index (κ3) is 5.31. The molecule has 0 aliphatic carbocycles. The second-order valence-electron chi connectivity index (χ2n) is 8.52. The number of likely N-dealkylation sites (tertiary alicyclic amines) is 1. The largest absolute Gasteiger partial charge is 0.444 e. The lowest BCUT2D eigenvalue weighted by Crippen LogP contribution is -2.40. The third-order valence-corrected chi connectivity index (χ3v) is 4.65. The van der Waals surface area contributed by atoms with E-state index >= 15 is 0 Å². The first-order valence-corrected chi connectivity index (χ1v) is 9.93. The molecule has 2 aromatic rings. The van der Waals surface area contributed by atoms with Gasteiger partial charge in [-0.15, -0.1) is 0 Å². The zero-order chi connectivity index (χ0) is 22.1. The van der Waals surface area contributed by atoms with E-state index in [-0.39, 0.29) is 11.6 Å². The topological polar surface area (TPSA) is 84.4 Å². The van der Waals surface area contributed by atoms with Crippen LogP contribution in [-0.2, 0) is 4.74 Å². The van der Waals surface area contributed by atoms with Crippen LogP contribution in [0.5, 0.6) is 0 Å². The van der Waals surface area contributed by atoms with Gasteiger partial charge in [0.05, 0.1) is 11.3 Å². The SMILES string of the molecule is Cc1cc(-c2ccc(C(=O)NC3CCN(C(=O)OC(C)(C)C)C3)c(F)c2)nc(C)n1. The van der Waals surface area contributed by atoms with Gasteiger partial charge in [0.1, 0.15) is 17.2 Å². The number of rotatable bonds is 3. The number of nitrogens with zero attached hydrogens (tertiary/aromatic N) is 3. The first kappa shape index (κ1) is 21.7. The molecule has 1 saturated heterocycles. The van der Waals surface area contributed by atoms with E-state index in [2.05, 4.69) is 15.3 Å². The maximum Gasteiger partial charge on any atom is 0.410 e. The normalized spacial score (nSPS) is 16.5. The minimum atomic E-state index is -0.624. The third-order valence-electron chi connectivity index (χ3n) is 4.65. The summed E-state index contributed by atoms with van der Waals surface area (Å²) < 4.78 is 20.0. The van der Waals surface area contributed by atoms with Crippen molar-refractivity contribution in [3.63, 3.8) is 0 Å². The number of hydrogen-bond acceptors (Lipinski definition) is 5. The predicted octanol–water partition coefficient (Wildman–Crippen LogP) is 3.64. The standard InChI is InChI=1S/C22H27FN4O3/c1-13-10-19(25-14(2)24-13)15-6-7-17(18(23)11-15)20(28)26-16-8-9-27(12-16)21(29)30-22(3,4)5/h6-7,10-11,16H,8-9,12H2,1-5H3,(H,26,28). The maximum absolute atomic E-state index is 14.7. The Labute approximate surface area is 175 Å². The quantitative estimate of drug-likeness (QED) is 0.829. The van der Waals surface area contributed by atoms with Crippen LogP contribution < -0.4 is 5.32 Å². The zero-order valence-electron chi connectivity index (χ0n) is 18.0. The Morgan fingerprint density at radius 3 is 2.57 bits per heavy atom. The van der Waals surface area contributed by atoms with Crippen molar-refractivity contribution >= 4 is 12.0 Å². The minimum absolute atomic E-state index is 0.0445. The van der Waals surface area contributed by atoms with Gasteiger partial charge in [-0.2, -0.15) is 0 Å². The molecular weight excluding hydrogens is 387 g/mol. The summed E-state index contributed by atoms with van der Waals surface area (Å²) in [6.45, 7) is 9.84. The molecule has 0 radical (unpaired) electrons. The lowest BCUT2D eigenvalue weighted by molar-refractivity contribution is 0.0290. The maximum atomic E-state index is 14.7. The van der Waals surface area contributed by atoms with E-state index in [0.29, 0.717) is 36.6 Å². The van der Waals surface area contributed by atoms with Gasteiger partial charge in [0, 0.05) is 30.4 Å². The van der Waals surface area contributed by atoms with Gasteiger partial charge in [0.2, 0.25) is 0 Å². The summed E-state index contributed by atoms with van der Waals surface area (Å²) in [6.07, 6.45) is 0.176. The van der Waals surface area contributed by atoms with Crippen molar-refractivity contribution in [3.05, 3.63) is 47.2 Å². The number of benzene rings is 1. The van der Waals surface area contributed by atoms with Gasteiger partial charge in [-0.3, -0.25) is 4.79 Å². The monoisotopic (exact) mass is 414 g/mol. The zero-order valence-corrected chi connectivity index (χ0v) is 18.0. The number of ether oxygens (including phenoxy) is 1. The van der Waals surface area contributed by atoms with Crippen LogP contribution in [0.1, 0.15) is 49.1 Å². The summed E-state index contributed by atoms with van der Waals surface area (Å²) in [7, 11) is 0. The molecular formula is C22H27FN4O3. The summed E-state index contributed by atoms with van der Waals surface area (Å²) in [4.78, 5) is 34.8. The van der Waals surface area contributed by atoms with Gasteiger partial charge in [-0.25, -0.2) is 19.2 Å². The highest BCUT2D eigenvalue weighted by Gasteiger charge is 2.31. The molecule has 8 heteroatoms. The van der Waals surface area contributed by atoms with E-state index in [1.165, 1.54) is 12.1 Å². The summed E-state index contributed by atoms with van der Waals surface area (Å²) in [5.74, 6) is -0.533. The van der Waals surface area contributed by atoms with Gasteiger partial charge in [0.25, 0.3) is 5.91 Å². The Morgan fingerprint density at radius 2 is 1.93 bits per heavy atom. The first-order valence-electron chi connectivity index (χ1n) is 9.93. The van der Waals surface area contributed by atoms with Crippen molar-refractivity contribution in [3.8, 4) is 11.3 Å². The van der Waals surface area contributed by atoms with Crippen molar-refractivity contribution in [1.29, 1.82) is 0 Å². The smallest absolute Gasteiger partial charge is 0.410 e. The molecule has 0 saturated carbocycles. The molecule has 1 unspecified atom stereocenters. The van der Waals surface area contributed by atoms with Crippen LogP contribution in [0.15, 0.2) is 24.3 Å². The molecule has 30 heavy (non-hydrogen) atoms. The first-order chi connectivity index (χ1) is 14.0. The van der Waals surface area contributed by atoms with Crippen molar-refractivity contribution in [1.82, 2.24) is 20.2 Å².